The lowest BCUT2D eigenvalue weighted by Gasteiger charge is -2.14. The molecule has 3 rings (SSSR count). The van der Waals surface area contributed by atoms with Crippen LogP contribution in [-0.2, 0) is 6.61 Å². The van der Waals surface area contributed by atoms with Gasteiger partial charge in [-0.25, -0.2) is 4.98 Å². The number of amides is 2. The number of carbonyl (C=O) groups excluding carboxylic acids is 2. The van der Waals surface area contributed by atoms with Gasteiger partial charge in [-0.3, -0.25) is 20.4 Å². The molecular formula is C22H23N3O7S. The van der Waals surface area contributed by atoms with E-state index in [4.69, 9.17) is 23.7 Å². The molecule has 0 spiro atoms. The lowest BCUT2D eigenvalue weighted by Crippen LogP contribution is -2.41. The van der Waals surface area contributed by atoms with Gasteiger partial charge >= 0.3 is 0 Å². The molecule has 0 unspecified atom stereocenters. The second kappa shape index (κ2) is 11.0. The van der Waals surface area contributed by atoms with Gasteiger partial charge in [0.1, 0.15) is 6.61 Å². The van der Waals surface area contributed by atoms with Crippen molar-refractivity contribution in [3.8, 4) is 28.7 Å². The molecule has 2 N–H and O–H groups in total. The monoisotopic (exact) mass is 473 g/mol. The van der Waals surface area contributed by atoms with E-state index in [1.807, 2.05) is 5.38 Å². The second-order valence-electron chi connectivity index (χ2n) is 6.46. The van der Waals surface area contributed by atoms with Crippen LogP contribution in [0.3, 0.4) is 0 Å². The Hall–Kier alpha value is -3.99. The van der Waals surface area contributed by atoms with E-state index in [1.165, 1.54) is 58.0 Å². The van der Waals surface area contributed by atoms with Gasteiger partial charge in [-0.15, -0.1) is 11.3 Å². The Morgan fingerprint density at radius 1 is 0.818 bits per heavy atom. The van der Waals surface area contributed by atoms with Crippen molar-refractivity contribution in [3.05, 3.63) is 58.0 Å². The second-order valence-corrected chi connectivity index (χ2v) is 7.18. The van der Waals surface area contributed by atoms with E-state index in [0.29, 0.717) is 28.7 Å². The Balaban J connectivity index is 1.67. The van der Waals surface area contributed by atoms with Crippen molar-refractivity contribution in [2.45, 2.75) is 6.61 Å². The van der Waals surface area contributed by atoms with Crippen LogP contribution in [0, 0.1) is 0 Å². The quantitative estimate of drug-likeness (QED) is 0.456. The van der Waals surface area contributed by atoms with E-state index in [9.17, 15) is 9.59 Å². The molecule has 0 aliphatic heterocycles. The Morgan fingerprint density at radius 3 is 1.97 bits per heavy atom. The molecule has 11 heteroatoms. The first-order valence-electron chi connectivity index (χ1n) is 9.59. The van der Waals surface area contributed by atoms with Gasteiger partial charge < -0.3 is 23.7 Å². The summed E-state index contributed by atoms with van der Waals surface area (Å²) >= 11 is 1.47. The van der Waals surface area contributed by atoms with Gasteiger partial charge in [0.05, 0.1) is 39.6 Å². The summed E-state index contributed by atoms with van der Waals surface area (Å²) in [6, 6.07) is 7.62. The molecule has 0 aliphatic rings. The summed E-state index contributed by atoms with van der Waals surface area (Å²) < 4.78 is 26.8. The SMILES string of the molecule is COc1cc(C(=O)NNC(=O)c2cc(OC)c(OC)c(OC)c2)ccc1OCc1cscn1. The molecule has 0 bridgehead atoms. The average molecular weight is 474 g/mol. The van der Waals surface area contributed by atoms with Crippen LogP contribution >= 0.6 is 11.3 Å². The van der Waals surface area contributed by atoms with Crippen molar-refractivity contribution in [1.29, 1.82) is 0 Å². The fraction of sp³-hybridized carbons (Fsp3) is 0.227. The molecule has 0 aliphatic carbocycles. The van der Waals surface area contributed by atoms with Gasteiger partial charge in [0.2, 0.25) is 5.75 Å². The van der Waals surface area contributed by atoms with E-state index in [0.717, 1.165) is 5.69 Å². The van der Waals surface area contributed by atoms with Crippen LogP contribution in [0.2, 0.25) is 0 Å². The minimum Gasteiger partial charge on any atom is -0.493 e. The number of benzene rings is 2. The first kappa shape index (κ1) is 23.7. The lowest BCUT2D eigenvalue weighted by atomic mass is 10.1. The fourth-order valence-electron chi connectivity index (χ4n) is 2.86. The van der Waals surface area contributed by atoms with E-state index >= 15 is 0 Å². The minimum atomic E-state index is -0.571. The Kier molecular flexibility index (Phi) is 7.92. The highest BCUT2D eigenvalue weighted by molar-refractivity contribution is 7.07. The fourth-order valence-corrected chi connectivity index (χ4v) is 3.40. The molecule has 1 aromatic heterocycles. The zero-order valence-electron chi connectivity index (χ0n) is 18.5. The predicted octanol–water partition coefficient (Wildman–Crippen LogP) is 2.83. The van der Waals surface area contributed by atoms with Crippen molar-refractivity contribution in [2.24, 2.45) is 0 Å². The Morgan fingerprint density at radius 2 is 1.42 bits per heavy atom. The standard InChI is InChI=1S/C22H23N3O7S/c1-28-17-7-13(5-6-16(17)32-10-15-11-33-12-23-15)21(26)24-25-22(27)14-8-18(29-2)20(31-4)19(9-14)30-3/h5-9,11-12H,10H2,1-4H3,(H,24,26)(H,25,27). The first-order valence-corrected chi connectivity index (χ1v) is 10.5. The number of hydrogen-bond acceptors (Lipinski definition) is 9. The van der Waals surface area contributed by atoms with Crippen LogP contribution in [0.4, 0.5) is 0 Å². The third-order valence-electron chi connectivity index (χ3n) is 4.50. The van der Waals surface area contributed by atoms with Crippen molar-refractivity contribution >= 4 is 23.2 Å². The summed E-state index contributed by atoms with van der Waals surface area (Å²) in [7, 11) is 5.82. The molecule has 1 heterocycles. The maximum atomic E-state index is 12.6. The van der Waals surface area contributed by atoms with Gasteiger partial charge in [0.25, 0.3) is 11.8 Å². The molecule has 0 fully saturated rings. The molecule has 2 aromatic carbocycles. The maximum Gasteiger partial charge on any atom is 0.269 e. The van der Waals surface area contributed by atoms with Crippen LogP contribution in [0.15, 0.2) is 41.2 Å². The van der Waals surface area contributed by atoms with Gasteiger partial charge in [0.15, 0.2) is 23.0 Å². The minimum absolute atomic E-state index is 0.202. The van der Waals surface area contributed by atoms with Crippen molar-refractivity contribution < 1.29 is 33.3 Å². The number of aromatic nitrogens is 1. The largest absolute Gasteiger partial charge is 0.493 e. The molecule has 174 valence electrons. The molecule has 2 amide bonds. The van der Waals surface area contributed by atoms with Gasteiger partial charge in [0, 0.05) is 16.5 Å². The Bertz CT molecular complexity index is 1090. The van der Waals surface area contributed by atoms with E-state index in [-0.39, 0.29) is 17.7 Å². The van der Waals surface area contributed by atoms with E-state index in [1.54, 1.807) is 17.6 Å². The average Bonchev–Trinajstić information content (AvgIpc) is 3.38. The predicted molar refractivity (Wildman–Crippen MR) is 120 cm³/mol. The molecule has 3 aromatic rings. The van der Waals surface area contributed by atoms with Gasteiger partial charge in [-0.1, -0.05) is 0 Å². The normalized spacial score (nSPS) is 10.2. The zero-order valence-corrected chi connectivity index (χ0v) is 19.3. The maximum absolute atomic E-state index is 12.6. The molecule has 0 saturated carbocycles. The first-order chi connectivity index (χ1) is 16.0. The number of hydrazine groups is 1. The van der Waals surface area contributed by atoms with Crippen LogP contribution in [0.5, 0.6) is 28.7 Å². The number of hydrogen-bond donors (Lipinski definition) is 2. The van der Waals surface area contributed by atoms with Crippen molar-refractivity contribution in [2.75, 3.05) is 28.4 Å². The summed E-state index contributed by atoms with van der Waals surface area (Å²) in [5.41, 5.74) is 7.71. The summed E-state index contributed by atoms with van der Waals surface area (Å²) in [6.07, 6.45) is 0. The summed E-state index contributed by atoms with van der Waals surface area (Å²) in [5.74, 6) is 0.692. The molecule has 33 heavy (non-hydrogen) atoms. The molecule has 0 atom stereocenters. The summed E-state index contributed by atoms with van der Waals surface area (Å²) in [4.78, 5) is 29.3. The van der Waals surface area contributed by atoms with Crippen molar-refractivity contribution in [3.63, 3.8) is 0 Å². The summed E-state index contributed by atoms with van der Waals surface area (Å²) in [6.45, 7) is 0.274. The molecule has 0 radical (unpaired) electrons. The number of nitrogens with one attached hydrogen (secondary N) is 2. The van der Waals surface area contributed by atoms with Crippen LogP contribution in [0.25, 0.3) is 0 Å². The highest BCUT2D eigenvalue weighted by atomic mass is 32.1. The van der Waals surface area contributed by atoms with Crippen molar-refractivity contribution in [1.82, 2.24) is 15.8 Å². The number of thiazole rings is 1. The molecule has 0 saturated heterocycles. The zero-order chi connectivity index (χ0) is 23.8. The number of rotatable bonds is 9. The van der Waals surface area contributed by atoms with Crippen LogP contribution in [0.1, 0.15) is 26.4 Å². The molecule has 10 nitrogen and oxygen atoms in total. The number of methoxy groups -OCH3 is 4. The smallest absolute Gasteiger partial charge is 0.269 e. The van der Waals surface area contributed by atoms with Gasteiger partial charge in [-0.2, -0.15) is 0 Å². The van der Waals surface area contributed by atoms with E-state index in [2.05, 4.69) is 15.8 Å². The van der Waals surface area contributed by atoms with Gasteiger partial charge in [-0.05, 0) is 30.3 Å². The third-order valence-corrected chi connectivity index (χ3v) is 5.14. The van der Waals surface area contributed by atoms with E-state index < -0.39 is 11.8 Å². The summed E-state index contributed by atoms with van der Waals surface area (Å²) in [5, 5.41) is 1.88. The van der Waals surface area contributed by atoms with Crippen LogP contribution < -0.4 is 34.5 Å². The lowest BCUT2D eigenvalue weighted by molar-refractivity contribution is 0.0846. The highest BCUT2D eigenvalue weighted by Crippen LogP contribution is 2.38. The molecular weight excluding hydrogens is 450 g/mol. The highest BCUT2D eigenvalue weighted by Gasteiger charge is 2.18. The number of ether oxygens (including phenoxy) is 5. The third kappa shape index (κ3) is 5.63. The van der Waals surface area contributed by atoms with Crippen LogP contribution in [-0.4, -0.2) is 45.2 Å². The number of nitrogens with zero attached hydrogens (tertiary/aromatic N) is 1. The topological polar surface area (TPSA) is 117 Å². The number of carbonyl (C=O) groups is 2. The Labute approximate surface area is 194 Å².